The van der Waals surface area contributed by atoms with Gasteiger partial charge in [-0.15, -0.1) is 0 Å². The van der Waals surface area contributed by atoms with Crippen LogP contribution in [0.1, 0.15) is 19.0 Å². The topological polar surface area (TPSA) is 104 Å². The lowest BCUT2D eigenvalue weighted by molar-refractivity contribution is 0.583. The predicted octanol–water partition coefficient (Wildman–Crippen LogP) is 2.21. The fourth-order valence-electron chi connectivity index (χ4n) is 2.42. The molecule has 0 aromatic carbocycles. The Morgan fingerprint density at radius 3 is 3.08 bits per heavy atom. The molecule has 9 heteroatoms. The Balaban J connectivity index is 1.76. The number of aliphatic imine (C=N–C) groups is 1. The Bertz CT molecular complexity index is 905. The minimum Gasteiger partial charge on any atom is -0.332 e. The van der Waals surface area contributed by atoms with Crippen molar-refractivity contribution in [3.05, 3.63) is 58.6 Å². The molecule has 0 saturated heterocycles. The minimum atomic E-state index is 0.461. The Hall–Kier alpha value is -2.99. The summed E-state index contributed by atoms with van der Waals surface area (Å²) in [4.78, 5) is 12.7. The van der Waals surface area contributed by atoms with Gasteiger partial charge in [0, 0.05) is 30.0 Å². The first-order chi connectivity index (χ1) is 12.7. The molecular formula is C17H17BrN8. The van der Waals surface area contributed by atoms with Crippen LogP contribution in [0.5, 0.6) is 0 Å². The highest BCUT2D eigenvalue weighted by molar-refractivity contribution is 9.10. The Morgan fingerprint density at radius 2 is 2.35 bits per heavy atom. The van der Waals surface area contributed by atoms with Crippen LogP contribution in [0.2, 0.25) is 0 Å². The van der Waals surface area contributed by atoms with Crippen molar-refractivity contribution in [1.29, 1.82) is 5.26 Å². The number of rotatable bonds is 5. The second-order valence-corrected chi connectivity index (χ2v) is 6.39. The Kier molecular flexibility index (Phi) is 5.76. The number of halogens is 1. The van der Waals surface area contributed by atoms with Crippen LogP contribution < -0.4 is 10.6 Å². The molecule has 2 N–H and O–H groups in total. The van der Waals surface area contributed by atoms with Gasteiger partial charge in [-0.3, -0.25) is 14.7 Å². The molecule has 2 aromatic heterocycles. The molecule has 0 saturated carbocycles. The summed E-state index contributed by atoms with van der Waals surface area (Å²) in [6.07, 6.45) is 7.52. The molecule has 0 aliphatic carbocycles. The summed E-state index contributed by atoms with van der Waals surface area (Å²) in [5, 5.41) is 20.0. The van der Waals surface area contributed by atoms with Gasteiger partial charge in [0.2, 0.25) is 0 Å². The first kappa shape index (κ1) is 17.8. The van der Waals surface area contributed by atoms with E-state index in [1.807, 2.05) is 25.3 Å². The van der Waals surface area contributed by atoms with E-state index in [-0.39, 0.29) is 0 Å². The molecule has 26 heavy (non-hydrogen) atoms. The third kappa shape index (κ3) is 4.15. The average Bonchev–Trinajstić information content (AvgIpc) is 3.16. The van der Waals surface area contributed by atoms with E-state index in [1.165, 1.54) is 6.33 Å². The first-order valence-corrected chi connectivity index (χ1v) is 8.81. The van der Waals surface area contributed by atoms with Gasteiger partial charge in [-0.1, -0.05) is 0 Å². The van der Waals surface area contributed by atoms with E-state index in [0.717, 1.165) is 23.0 Å². The number of hydrogen-bond donors (Lipinski definition) is 2. The molecule has 1 aliphatic rings. The first-order valence-electron chi connectivity index (χ1n) is 8.02. The highest BCUT2D eigenvalue weighted by atomic mass is 79.9. The van der Waals surface area contributed by atoms with Crippen molar-refractivity contribution in [3.63, 3.8) is 0 Å². The summed E-state index contributed by atoms with van der Waals surface area (Å²) in [5.74, 6) is 0.601. The molecule has 0 amide bonds. The second-order valence-electron chi connectivity index (χ2n) is 5.53. The number of nitrogens with zero attached hydrogens (tertiary/aromatic N) is 6. The maximum Gasteiger partial charge on any atom is 0.199 e. The smallest absolute Gasteiger partial charge is 0.199 e. The Labute approximate surface area is 159 Å². The lowest BCUT2D eigenvalue weighted by Crippen LogP contribution is -2.39. The van der Waals surface area contributed by atoms with Crippen molar-refractivity contribution in [2.75, 3.05) is 6.54 Å². The van der Waals surface area contributed by atoms with Gasteiger partial charge in [-0.2, -0.15) is 10.4 Å². The average molecular weight is 413 g/mol. The second kappa shape index (κ2) is 8.40. The highest BCUT2D eigenvalue weighted by Crippen LogP contribution is 2.26. The number of aromatic nitrogens is 4. The quantitative estimate of drug-likeness (QED) is 0.576. The van der Waals surface area contributed by atoms with Crippen molar-refractivity contribution in [3.8, 4) is 6.07 Å². The molecule has 0 spiro atoms. The lowest BCUT2D eigenvalue weighted by atomic mass is 10.1. The Morgan fingerprint density at radius 1 is 1.46 bits per heavy atom. The zero-order valence-electron chi connectivity index (χ0n) is 14.1. The molecule has 2 aromatic rings. The summed E-state index contributed by atoms with van der Waals surface area (Å²) < 4.78 is 2.53. The van der Waals surface area contributed by atoms with Crippen molar-refractivity contribution < 1.29 is 0 Å². The van der Waals surface area contributed by atoms with Gasteiger partial charge in [0.05, 0.1) is 11.4 Å². The van der Waals surface area contributed by atoms with Crippen LogP contribution in [0.25, 0.3) is 5.57 Å². The normalized spacial score (nSPS) is 17.1. The van der Waals surface area contributed by atoms with Crippen LogP contribution in [-0.4, -0.2) is 32.3 Å². The standard InChI is InChI=1S/C17H17BrN8/c1-12-9-23-17(22-6-3-7-26-11-20-10-24-26)25-15(12)13(8-19)16-14(18)4-2-5-21-16/h2,4-5,9-11H,3,6-7H2,1H3,(H2,22,23,25)/b15-13+. The summed E-state index contributed by atoms with van der Waals surface area (Å²) in [7, 11) is 0. The molecule has 3 rings (SSSR count). The third-order valence-corrected chi connectivity index (χ3v) is 4.34. The van der Waals surface area contributed by atoms with E-state index < -0.39 is 0 Å². The van der Waals surface area contributed by atoms with Gasteiger partial charge in [0.1, 0.15) is 24.3 Å². The van der Waals surface area contributed by atoms with Gasteiger partial charge in [0.25, 0.3) is 0 Å². The van der Waals surface area contributed by atoms with E-state index in [2.05, 4.69) is 52.7 Å². The van der Waals surface area contributed by atoms with Crippen molar-refractivity contribution in [2.45, 2.75) is 19.9 Å². The molecule has 1 aliphatic heterocycles. The fraction of sp³-hybridized carbons (Fsp3) is 0.235. The largest absolute Gasteiger partial charge is 0.332 e. The summed E-state index contributed by atoms with van der Waals surface area (Å²) in [6.45, 7) is 3.29. The summed E-state index contributed by atoms with van der Waals surface area (Å²) in [6, 6.07) is 5.92. The van der Waals surface area contributed by atoms with Crippen molar-refractivity contribution in [2.24, 2.45) is 4.99 Å². The van der Waals surface area contributed by atoms with Crippen LogP contribution in [-0.2, 0) is 6.54 Å². The molecule has 3 heterocycles. The summed E-state index contributed by atoms with van der Waals surface area (Å²) in [5.41, 5.74) is 2.65. The van der Waals surface area contributed by atoms with Crippen LogP contribution in [0.3, 0.4) is 0 Å². The van der Waals surface area contributed by atoms with Gasteiger partial charge < -0.3 is 10.6 Å². The van der Waals surface area contributed by atoms with Gasteiger partial charge in [-0.25, -0.2) is 4.98 Å². The molecule has 132 valence electrons. The van der Waals surface area contributed by atoms with E-state index in [9.17, 15) is 5.26 Å². The number of nitriles is 1. The summed E-state index contributed by atoms with van der Waals surface area (Å²) >= 11 is 3.46. The van der Waals surface area contributed by atoms with E-state index in [1.54, 1.807) is 17.2 Å². The fourth-order valence-corrected chi connectivity index (χ4v) is 2.87. The maximum absolute atomic E-state index is 9.67. The number of aryl methyl sites for hydroxylation is 1. The number of guanidine groups is 1. The van der Waals surface area contributed by atoms with E-state index in [0.29, 0.717) is 29.5 Å². The predicted molar refractivity (Wildman–Crippen MR) is 101 cm³/mol. The van der Waals surface area contributed by atoms with Gasteiger partial charge >= 0.3 is 0 Å². The van der Waals surface area contributed by atoms with Crippen LogP contribution in [0.4, 0.5) is 0 Å². The lowest BCUT2D eigenvalue weighted by Gasteiger charge is -2.21. The number of nitrogens with one attached hydrogen (secondary N) is 2. The van der Waals surface area contributed by atoms with Crippen LogP contribution in [0.15, 0.2) is 57.9 Å². The molecule has 0 unspecified atom stereocenters. The monoisotopic (exact) mass is 412 g/mol. The number of allylic oxidation sites excluding steroid dienone is 2. The van der Waals surface area contributed by atoms with Crippen molar-refractivity contribution >= 4 is 27.5 Å². The third-order valence-electron chi connectivity index (χ3n) is 3.70. The van der Waals surface area contributed by atoms with E-state index in [4.69, 9.17) is 0 Å². The molecule has 8 nitrogen and oxygen atoms in total. The molecule has 0 atom stereocenters. The molecule has 0 radical (unpaired) electrons. The van der Waals surface area contributed by atoms with Gasteiger partial charge in [0.15, 0.2) is 5.96 Å². The molecule has 0 bridgehead atoms. The SMILES string of the molecule is CC1=CNC(=NCCCn2cncn2)N/C1=C(\C#N)c1ncccc1Br. The van der Waals surface area contributed by atoms with Crippen molar-refractivity contribution in [1.82, 2.24) is 30.4 Å². The van der Waals surface area contributed by atoms with Crippen LogP contribution >= 0.6 is 15.9 Å². The highest BCUT2D eigenvalue weighted by Gasteiger charge is 2.19. The zero-order valence-corrected chi connectivity index (χ0v) is 15.7. The minimum absolute atomic E-state index is 0.461. The molecular weight excluding hydrogens is 396 g/mol. The van der Waals surface area contributed by atoms with E-state index >= 15 is 0 Å². The number of pyridine rings is 1. The van der Waals surface area contributed by atoms with Crippen LogP contribution in [0, 0.1) is 11.3 Å². The van der Waals surface area contributed by atoms with Gasteiger partial charge in [-0.05, 0) is 47.0 Å². The zero-order chi connectivity index (χ0) is 18.4. The maximum atomic E-state index is 9.67. The number of hydrogen-bond acceptors (Lipinski definition) is 5. The molecule has 0 fully saturated rings.